The molecule has 2 heterocycles. The molecule has 2 atom stereocenters. The van der Waals surface area contributed by atoms with Gasteiger partial charge in [0.1, 0.15) is 5.60 Å². The summed E-state index contributed by atoms with van der Waals surface area (Å²) in [6, 6.07) is 7.63. The van der Waals surface area contributed by atoms with Gasteiger partial charge < -0.3 is 25.4 Å². The molecule has 36 heavy (non-hydrogen) atoms. The molecule has 0 saturated heterocycles. The van der Waals surface area contributed by atoms with Crippen LogP contribution in [0.2, 0.25) is 0 Å². The number of carbonyl (C=O) groups excluding carboxylic acids is 2. The average molecular weight is 513 g/mol. The molecule has 0 unspecified atom stereocenters. The van der Waals surface area contributed by atoms with E-state index < -0.39 is 17.7 Å². The Balaban J connectivity index is 1.58. The van der Waals surface area contributed by atoms with Gasteiger partial charge in [-0.25, -0.2) is 9.59 Å². The number of aromatic nitrogens is 3. The van der Waals surface area contributed by atoms with E-state index in [4.69, 9.17) is 9.47 Å². The van der Waals surface area contributed by atoms with E-state index in [1.165, 1.54) is 0 Å². The number of nitrogens with zero attached hydrogens (tertiary/aromatic N) is 3. The molecular weight excluding hydrogens is 480 g/mol. The molecule has 3 N–H and O–H groups in total. The molecule has 10 nitrogen and oxygen atoms in total. The van der Waals surface area contributed by atoms with Crippen LogP contribution in [-0.4, -0.2) is 51.5 Å². The molecular formula is C25H32N6O4S. The summed E-state index contributed by atoms with van der Waals surface area (Å²) in [6.07, 6.45) is 3.17. The molecule has 1 amide bonds. The van der Waals surface area contributed by atoms with E-state index in [0.29, 0.717) is 0 Å². The quantitative estimate of drug-likeness (QED) is 0.363. The van der Waals surface area contributed by atoms with Crippen molar-refractivity contribution in [2.75, 3.05) is 17.2 Å². The van der Waals surface area contributed by atoms with Crippen molar-refractivity contribution in [3.05, 3.63) is 35.3 Å². The monoisotopic (exact) mass is 512 g/mol. The fourth-order valence-electron chi connectivity index (χ4n) is 4.14. The van der Waals surface area contributed by atoms with Crippen molar-refractivity contribution in [1.82, 2.24) is 20.5 Å². The third-order valence-electron chi connectivity index (χ3n) is 5.69. The number of anilines is 3. The Morgan fingerprint density at radius 1 is 1.11 bits per heavy atom. The van der Waals surface area contributed by atoms with Gasteiger partial charge in [0.15, 0.2) is 5.82 Å². The smallest absolute Gasteiger partial charge is 0.407 e. The Morgan fingerprint density at radius 3 is 2.64 bits per heavy atom. The van der Waals surface area contributed by atoms with Crippen LogP contribution < -0.4 is 16.0 Å². The lowest BCUT2D eigenvalue weighted by Gasteiger charge is -2.33. The van der Waals surface area contributed by atoms with E-state index >= 15 is 0 Å². The van der Waals surface area contributed by atoms with Gasteiger partial charge in [-0.2, -0.15) is 4.98 Å². The van der Waals surface area contributed by atoms with Crippen LogP contribution in [0.15, 0.2) is 29.6 Å². The van der Waals surface area contributed by atoms with Gasteiger partial charge in [-0.1, -0.05) is 18.9 Å². The molecule has 1 fully saturated rings. The lowest BCUT2D eigenvalue weighted by atomic mass is 9.90. The number of thiophene rings is 1. The van der Waals surface area contributed by atoms with E-state index in [2.05, 4.69) is 31.1 Å². The highest BCUT2D eigenvalue weighted by molar-refractivity contribution is 7.17. The average Bonchev–Trinajstić information content (AvgIpc) is 3.29. The third kappa shape index (κ3) is 6.39. The van der Waals surface area contributed by atoms with Gasteiger partial charge in [-0.15, -0.1) is 21.5 Å². The van der Waals surface area contributed by atoms with Crippen LogP contribution in [0.1, 0.15) is 63.9 Å². The summed E-state index contributed by atoms with van der Waals surface area (Å²) in [5.74, 6) is -0.103. The first-order valence-electron chi connectivity index (χ1n) is 12.1. The summed E-state index contributed by atoms with van der Waals surface area (Å²) in [5, 5.41) is 20.8. The summed E-state index contributed by atoms with van der Waals surface area (Å²) in [7, 11) is 0. The van der Waals surface area contributed by atoms with E-state index in [1.54, 1.807) is 18.3 Å². The largest absolute Gasteiger partial charge is 0.461 e. The number of hydrogen-bond acceptors (Lipinski definition) is 10. The summed E-state index contributed by atoms with van der Waals surface area (Å²) in [5.41, 5.74) is 0.221. The molecule has 4 rings (SSSR count). The molecule has 0 spiro atoms. The second-order valence-electron chi connectivity index (χ2n) is 9.60. The van der Waals surface area contributed by atoms with E-state index in [1.807, 2.05) is 50.4 Å². The zero-order chi connectivity index (χ0) is 25.7. The van der Waals surface area contributed by atoms with Gasteiger partial charge in [0, 0.05) is 21.8 Å². The van der Waals surface area contributed by atoms with Gasteiger partial charge in [0.2, 0.25) is 11.6 Å². The van der Waals surface area contributed by atoms with Crippen LogP contribution in [0.5, 0.6) is 0 Å². The number of nitrogens with one attached hydrogen (secondary N) is 3. The molecule has 11 heteroatoms. The Morgan fingerprint density at radius 2 is 1.89 bits per heavy atom. The lowest BCUT2D eigenvalue weighted by molar-refractivity contribution is 0.0484. The highest BCUT2D eigenvalue weighted by Crippen LogP contribution is 2.31. The van der Waals surface area contributed by atoms with Gasteiger partial charge in [-0.05, 0) is 64.1 Å². The molecule has 192 valence electrons. The standard InChI is InChI=1S/C25H32N6O4S/c1-5-34-22(32)20-21(26-16-11-8-12-19-15(16)13-14-36-19)29-23(31-30-20)27-17-9-6-7-10-18(17)28-24(33)35-25(2,3)4/h8,11-14,17-18H,5-7,9-10H2,1-4H3,(H,28,33)(H2,26,27,29,31)/t17-,18+/m1/s1. The van der Waals surface area contributed by atoms with Crippen LogP contribution in [0.25, 0.3) is 10.1 Å². The summed E-state index contributed by atoms with van der Waals surface area (Å²) < 4.78 is 11.7. The first-order chi connectivity index (χ1) is 17.2. The van der Waals surface area contributed by atoms with Crippen LogP contribution in [0.4, 0.5) is 22.2 Å². The SMILES string of the molecule is CCOC(=O)c1nnc(N[C@@H]2CCCC[C@@H]2NC(=O)OC(C)(C)C)nc1Nc1cccc2sccc12. The Kier molecular flexibility index (Phi) is 7.88. The summed E-state index contributed by atoms with van der Waals surface area (Å²) in [4.78, 5) is 29.5. The van der Waals surface area contributed by atoms with Crippen molar-refractivity contribution in [2.24, 2.45) is 0 Å². The predicted octanol–water partition coefficient (Wildman–Crippen LogP) is 5.25. The number of ether oxygens (including phenoxy) is 2. The molecule has 0 aliphatic heterocycles. The molecule has 0 radical (unpaired) electrons. The molecule has 3 aromatic rings. The number of carbonyl (C=O) groups is 2. The van der Waals surface area contributed by atoms with E-state index in [0.717, 1.165) is 41.5 Å². The fourth-order valence-corrected chi connectivity index (χ4v) is 4.96. The lowest BCUT2D eigenvalue weighted by Crippen LogP contribution is -2.50. The number of benzene rings is 1. The molecule has 1 aliphatic carbocycles. The maximum Gasteiger partial charge on any atom is 0.407 e. The molecule has 1 aromatic carbocycles. The zero-order valence-corrected chi connectivity index (χ0v) is 21.8. The first-order valence-corrected chi connectivity index (χ1v) is 13.0. The number of hydrogen-bond donors (Lipinski definition) is 3. The van der Waals surface area contributed by atoms with Crippen LogP contribution in [0, 0.1) is 0 Å². The van der Waals surface area contributed by atoms with Crippen LogP contribution >= 0.6 is 11.3 Å². The maximum absolute atomic E-state index is 12.6. The van der Waals surface area contributed by atoms with Crippen molar-refractivity contribution in [1.29, 1.82) is 0 Å². The predicted molar refractivity (Wildman–Crippen MR) is 140 cm³/mol. The van der Waals surface area contributed by atoms with E-state index in [9.17, 15) is 9.59 Å². The minimum absolute atomic E-state index is 0.00158. The number of alkyl carbamates (subject to hydrolysis) is 1. The van der Waals surface area contributed by atoms with E-state index in [-0.39, 0.29) is 36.2 Å². The topological polar surface area (TPSA) is 127 Å². The molecule has 1 aliphatic rings. The third-order valence-corrected chi connectivity index (χ3v) is 6.57. The van der Waals surface area contributed by atoms with Crippen molar-refractivity contribution < 1.29 is 19.1 Å². The number of esters is 1. The molecule has 1 saturated carbocycles. The normalized spacial score (nSPS) is 17.9. The highest BCUT2D eigenvalue weighted by atomic mass is 32.1. The maximum atomic E-state index is 12.6. The van der Waals surface area contributed by atoms with Gasteiger partial charge in [0.05, 0.1) is 12.6 Å². The van der Waals surface area contributed by atoms with Crippen molar-refractivity contribution in [2.45, 2.75) is 71.1 Å². The molecule has 2 aromatic heterocycles. The summed E-state index contributed by atoms with van der Waals surface area (Å²) in [6.45, 7) is 7.44. The van der Waals surface area contributed by atoms with Gasteiger partial charge >= 0.3 is 12.1 Å². The minimum Gasteiger partial charge on any atom is -0.461 e. The van der Waals surface area contributed by atoms with Crippen molar-refractivity contribution >= 4 is 50.9 Å². The fraction of sp³-hybridized carbons (Fsp3) is 0.480. The Labute approximate surface area is 214 Å². The Bertz CT molecular complexity index is 1220. The van der Waals surface area contributed by atoms with Gasteiger partial charge in [-0.3, -0.25) is 0 Å². The number of amides is 1. The number of rotatable bonds is 7. The van der Waals surface area contributed by atoms with Crippen molar-refractivity contribution in [3.8, 4) is 0 Å². The second-order valence-corrected chi connectivity index (χ2v) is 10.6. The second kappa shape index (κ2) is 11.1. The van der Waals surface area contributed by atoms with Gasteiger partial charge in [0.25, 0.3) is 0 Å². The van der Waals surface area contributed by atoms with Crippen molar-refractivity contribution in [3.63, 3.8) is 0 Å². The van der Waals surface area contributed by atoms with Crippen LogP contribution in [0.3, 0.4) is 0 Å². The highest BCUT2D eigenvalue weighted by Gasteiger charge is 2.29. The number of fused-ring (bicyclic) bond motifs is 1. The molecule has 0 bridgehead atoms. The first kappa shape index (κ1) is 25.6. The van der Waals surface area contributed by atoms with Crippen LogP contribution in [-0.2, 0) is 9.47 Å². The zero-order valence-electron chi connectivity index (χ0n) is 21.0. The minimum atomic E-state index is -0.605. The summed E-state index contributed by atoms with van der Waals surface area (Å²) >= 11 is 1.63. The Hall–Kier alpha value is -3.47.